The summed E-state index contributed by atoms with van der Waals surface area (Å²) in [4.78, 5) is 15.6. The average molecular weight is 241 g/mol. The van der Waals surface area contributed by atoms with Crippen LogP contribution in [0.2, 0.25) is 5.02 Å². The van der Waals surface area contributed by atoms with Gasteiger partial charge in [0.1, 0.15) is 5.78 Å². The highest BCUT2D eigenvalue weighted by atomic mass is 35.5. The third kappa shape index (κ3) is 4.29. The van der Waals surface area contributed by atoms with Gasteiger partial charge in [0.15, 0.2) is 0 Å². The molecule has 3 nitrogen and oxygen atoms in total. The summed E-state index contributed by atoms with van der Waals surface area (Å²) in [5.74, 6) is 0.196. The second-order valence-electron chi connectivity index (χ2n) is 3.85. The Bertz CT molecular complexity index is 355. The van der Waals surface area contributed by atoms with Crippen LogP contribution in [0.5, 0.6) is 0 Å². The van der Waals surface area contributed by atoms with Crippen molar-refractivity contribution in [3.05, 3.63) is 29.0 Å². The average Bonchev–Trinajstić information content (AvgIpc) is 2.21. The predicted molar refractivity (Wildman–Crippen MR) is 65.7 cm³/mol. The van der Waals surface area contributed by atoms with Gasteiger partial charge in [-0.2, -0.15) is 0 Å². The summed E-state index contributed by atoms with van der Waals surface area (Å²) in [6, 6.07) is 2.01. The van der Waals surface area contributed by atoms with E-state index in [0.717, 1.165) is 12.1 Å². The van der Waals surface area contributed by atoms with Gasteiger partial charge in [0.2, 0.25) is 0 Å². The standard InChI is InChI=1S/C12H17ClN2O/c1-3-15-9(2)6-11(16)7-10-4-5-14-8-12(10)13/h4-5,8-9,15H,3,6-7H2,1-2H3. The molecule has 88 valence electrons. The Balaban J connectivity index is 2.49. The van der Waals surface area contributed by atoms with E-state index in [-0.39, 0.29) is 11.8 Å². The van der Waals surface area contributed by atoms with E-state index >= 15 is 0 Å². The Morgan fingerprint density at radius 1 is 1.62 bits per heavy atom. The lowest BCUT2D eigenvalue weighted by Crippen LogP contribution is -2.28. The molecule has 1 unspecified atom stereocenters. The number of pyridine rings is 1. The van der Waals surface area contributed by atoms with Crippen LogP contribution in [0.15, 0.2) is 18.5 Å². The molecule has 0 bridgehead atoms. The number of carbonyl (C=O) groups excluding carboxylic acids is 1. The smallest absolute Gasteiger partial charge is 0.138 e. The van der Waals surface area contributed by atoms with Crippen molar-refractivity contribution in [3.8, 4) is 0 Å². The molecule has 1 N–H and O–H groups in total. The molecule has 0 aliphatic heterocycles. The number of ketones is 1. The summed E-state index contributed by atoms with van der Waals surface area (Å²) in [5.41, 5.74) is 0.852. The van der Waals surface area contributed by atoms with Crippen LogP contribution < -0.4 is 5.32 Å². The summed E-state index contributed by atoms with van der Waals surface area (Å²) < 4.78 is 0. The molecule has 0 saturated carbocycles. The van der Waals surface area contributed by atoms with Crippen molar-refractivity contribution < 1.29 is 4.79 Å². The number of rotatable bonds is 6. The van der Waals surface area contributed by atoms with Crippen molar-refractivity contribution in [1.82, 2.24) is 10.3 Å². The zero-order chi connectivity index (χ0) is 12.0. The van der Waals surface area contributed by atoms with E-state index in [2.05, 4.69) is 10.3 Å². The van der Waals surface area contributed by atoms with Crippen LogP contribution >= 0.6 is 11.6 Å². The first-order valence-corrected chi connectivity index (χ1v) is 5.84. The van der Waals surface area contributed by atoms with E-state index in [9.17, 15) is 4.79 Å². The van der Waals surface area contributed by atoms with E-state index in [1.54, 1.807) is 18.5 Å². The lowest BCUT2D eigenvalue weighted by atomic mass is 10.1. The molecular weight excluding hydrogens is 224 g/mol. The molecular formula is C12H17ClN2O. The van der Waals surface area contributed by atoms with Gasteiger partial charge in [-0.25, -0.2) is 0 Å². The quantitative estimate of drug-likeness (QED) is 0.829. The molecule has 4 heteroatoms. The molecule has 0 amide bonds. The second kappa shape index (κ2) is 6.61. The number of aromatic nitrogens is 1. The lowest BCUT2D eigenvalue weighted by molar-refractivity contribution is -0.118. The fraction of sp³-hybridized carbons (Fsp3) is 0.500. The summed E-state index contributed by atoms with van der Waals surface area (Å²) in [7, 11) is 0. The minimum Gasteiger partial charge on any atom is -0.314 e. The fourth-order valence-electron chi connectivity index (χ4n) is 1.59. The Hall–Kier alpha value is -0.930. The number of halogens is 1. The highest BCUT2D eigenvalue weighted by Gasteiger charge is 2.10. The van der Waals surface area contributed by atoms with E-state index in [1.165, 1.54) is 0 Å². The first-order chi connectivity index (χ1) is 7.63. The predicted octanol–water partition coefficient (Wildman–Crippen LogP) is 2.23. The molecule has 1 aromatic heterocycles. The van der Waals surface area contributed by atoms with Crippen LogP contribution in [0.3, 0.4) is 0 Å². The van der Waals surface area contributed by atoms with E-state index in [0.29, 0.717) is 17.9 Å². The maximum absolute atomic E-state index is 11.7. The largest absolute Gasteiger partial charge is 0.314 e. The molecule has 1 heterocycles. The summed E-state index contributed by atoms with van der Waals surface area (Å²) in [6.07, 6.45) is 4.14. The van der Waals surface area contributed by atoms with Gasteiger partial charge in [0.05, 0.1) is 5.02 Å². The number of nitrogens with zero attached hydrogens (tertiary/aromatic N) is 1. The maximum Gasteiger partial charge on any atom is 0.138 e. The molecule has 0 radical (unpaired) electrons. The minimum absolute atomic E-state index is 0.196. The van der Waals surface area contributed by atoms with Gasteiger partial charge in [-0.15, -0.1) is 0 Å². The molecule has 1 aromatic rings. The van der Waals surface area contributed by atoms with Crippen LogP contribution in [0.25, 0.3) is 0 Å². The van der Waals surface area contributed by atoms with Gasteiger partial charge in [0, 0.05) is 31.3 Å². The van der Waals surface area contributed by atoms with Crippen molar-refractivity contribution >= 4 is 17.4 Å². The van der Waals surface area contributed by atoms with Crippen LogP contribution in [0.4, 0.5) is 0 Å². The SMILES string of the molecule is CCNC(C)CC(=O)Cc1ccncc1Cl. The Morgan fingerprint density at radius 2 is 2.38 bits per heavy atom. The minimum atomic E-state index is 0.196. The van der Waals surface area contributed by atoms with E-state index in [1.807, 2.05) is 13.8 Å². The zero-order valence-electron chi connectivity index (χ0n) is 9.66. The number of carbonyl (C=O) groups is 1. The number of hydrogen-bond acceptors (Lipinski definition) is 3. The van der Waals surface area contributed by atoms with Crippen LogP contribution in [0, 0.1) is 0 Å². The third-order valence-electron chi connectivity index (χ3n) is 2.33. The molecule has 0 aliphatic rings. The highest BCUT2D eigenvalue weighted by molar-refractivity contribution is 6.31. The van der Waals surface area contributed by atoms with E-state index in [4.69, 9.17) is 11.6 Å². The number of Topliss-reactive ketones (excluding diaryl/α,β-unsaturated/α-hetero) is 1. The Morgan fingerprint density at radius 3 is 3.00 bits per heavy atom. The number of hydrogen-bond donors (Lipinski definition) is 1. The van der Waals surface area contributed by atoms with Gasteiger partial charge < -0.3 is 5.32 Å². The topological polar surface area (TPSA) is 42.0 Å². The second-order valence-corrected chi connectivity index (χ2v) is 4.25. The van der Waals surface area contributed by atoms with Crippen LogP contribution in [-0.2, 0) is 11.2 Å². The molecule has 0 spiro atoms. The lowest BCUT2D eigenvalue weighted by Gasteiger charge is -2.11. The van der Waals surface area contributed by atoms with Crippen molar-refractivity contribution in [3.63, 3.8) is 0 Å². The van der Waals surface area contributed by atoms with Gasteiger partial charge in [-0.05, 0) is 25.1 Å². The van der Waals surface area contributed by atoms with Gasteiger partial charge >= 0.3 is 0 Å². The monoisotopic (exact) mass is 240 g/mol. The van der Waals surface area contributed by atoms with E-state index < -0.39 is 0 Å². The first kappa shape index (κ1) is 13.1. The van der Waals surface area contributed by atoms with Crippen LogP contribution in [-0.4, -0.2) is 23.4 Å². The molecule has 0 aliphatic carbocycles. The third-order valence-corrected chi connectivity index (χ3v) is 2.67. The Kier molecular flexibility index (Phi) is 5.43. The van der Waals surface area contributed by atoms with Crippen molar-refractivity contribution in [1.29, 1.82) is 0 Å². The zero-order valence-corrected chi connectivity index (χ0v) is 10.4. The summed E-state index contributed by atoms with van der Waals surface area (Å²) in [6.45, 7) is 4.92. The normalized spacial score (nSPS) is 12.4. The van der Waals surface area contributed by atoms with Crippen molar-refractivity contribution in [2.75, 3.05) is 6.54 Å². The molecule has 0 aromatic carbocycles. The van der Waals surface area contributed by atoms with Gasteiger partial charge in [0.25, 0.3) is 0 Å². The first-order valence-electron chi connectivity index (χ1n) is 5.47. The summed E-state index contributed by atoms with van der Waals surface area (Å²) in [5, 5.41) is 3.77. The maximum atomic E-state index is 11.7. The van der Waals surface area contributed by atoms with Gasteiger partial charge in [-0.3, -0.25) is 9.78 Å². The fourth-order valence-corrected chi connectivity index (χ4v) is 1.78. The molecule has 0 fully saturated rings. The Labute approximate surface area is 101 Å². The number of nitrogens with one attached hydrogen (secondary N) is 1. The molecule has 1 rings (SSSR count). The highest BCUT2D eigenvalue weighted by Crippen LogP contribution is 2.14. The van der Waals surface area contributed by atoms with Crippen molar-refractivity contribution in [2.24, 2.45) is 0 Å². The summed E-state index contributed by atoms with van der Waals surface area (Å²) >= 11 is 5.94. The van der Waals surface area contributed by atoms with Crippen molar-refractivity contribution in [2.45, 2.75) is 32.7 Å². The molecule has 0 saturated heterocycles. The van der Waals surface area contributed by atoms with Crippen LogP contribution in [0.1, 0.15) is 25.8 Å². The molecule has 1 atom stereocenters. The molecule has 16 heavy (non-hydrogen) atoms. The van der Waals surface area contributed by atoms with Gasteiger partial charge in [-0.1, -0.05) is 18.5 Å².